The number of rotatable bonds is 4. The molecular weight excluding hydrogens is 388 g/mol. The second-order valence-electron chi connectivity index (χ2n) is 7.56. The third-order valence-electron chi connectivity index (χ3n) is 5.35. The number of hydrogen-bond donors (Lipinski definition) is 0. The van der Waals surface area contributed by atoms with Crippen LogP contribution >= 0.6 is 0 Å². The molecule has 1 fully saturated rings. The highest BCUT2D eigenvalue weighted by molar-refractivity contribution is 5.99. The number of aryl methyl sites for hydroxylation is 1. The summed E-state index contributed by atoms with van der Waals surface area (Å²) in [5, 5.41) is 0. The Balaban J connectivity index is 1.48. The van der Waals surface area contributed by atoms with Crippen molar-refractivity contribution >= 4 is 5.91 Å². The number of halogens is 2. The molecule has 6 nitrogen and oxygen atoms in total. The van der Waals surface area contributed by atoms with E-state index in [1.165, 1.54) is 18.6 Å². The minimum absolute atomic E-state index is 0.0970. The first-order valence-corrected chi connectivity index (χ1v) is 9.76. The molecule has 4 rings (SSSR count). The fraction of sp³-hybridized carbons (Fsp3) is 0.318. The van der Waals surface area contributed by atoms with Crippen LogP contribution in [0.4, 0.5) is 8.78 Å². The number of carbonyl (C=O) groups is 1. The lowest BCUT2D eigenvalue weighted by Gasteiger charge is -2.36. The first-order chi connectivity index (χ1) is 14.5. The zero-order valence-electron chi connectivity index (χ0n) is 16.6. The lowest BCUT2D eigenvalue weighted by atomic mass is 9.88. The second-order valence-corrected chi connectivity index (χ2v) is 7.56. The van der Waals surface area contributed by atoms with E-state index in [0.717, 1.165) is 0 Å². The molecular formula is C22H21F2N5O. The van der Waals surface area contributed by atoms with Crippen LogP contribution in [-0.4, -0.2) is 49.5 Å². The Morgan fingerprint density at radius 1 is 1.17 bits per heavy atom. The van der Waals surface area contributed by atoms with Crippen molar-refractivity contribution in [3.63, 3.8) is 0 Å². The Bertz CT molecular complexity index is 1050. The fourth-order valence-electron chi connectivity index (χ4n) is 3.66. The molecule has 154 valence electrons. The van der Waals surface area contributed by atoms with Gasteiger partial charge < -0.3 is 4.90 Å². The van der Waals surface area contributed by atoms with E-state index in [1.54, 1.807) is 42.4 Å². The van der Waals surface area contributed by atoms with E-state index in [4.69, 9.17) is 0 Å². The van der Waals surface area contributed by atoms with Gasteiger partial charge >= 0.3 is 0 Å². The van der Waals surface area contributed by atoms with E-state index in [-0.39, 0.29) is 44.0 Å². The number of carbonyl (C=O) groups excluding carboxylic acids is 1. The summed E-state index contributed by atoms with van der Waals surface area (Å²) < 4.78 is 29.4. The highest BCUT2D eigenvalue weighted by Crippen LogP contribution is 2.32. The number of aromatic nitrogens is 4. The number of likely N-dealkylation sites (tertiary alicyclic amines) is 1. The van der Waals surface area contributed by atoms with Crippen molar-refractivity contribution in [3.05, 3.63) is 71.8 Å². The Kier molecular flexibility index (Phi) is 5.48. The summed E-state index contributed by atoms with van der Waals surface area (Å²) in [6, 6.07) is 6.43. The molecule has 1 amide bonds. The van der Waals surface area contributed by atoms with Gasteiger partial charge in [-0.2, -0.15) is 0 Å². The van der Waals surface area contributed by atoms with Gasteiger partial charge in [0, 0.05) is 38.1 Å². The van der Waals surface area contributed by atoms with Crippen molar-refractivity contribution in [1.29, 1.82) is 0 Å². The summed E-state index contributed by atoms with van der Waals surface area (Å²) in [7, 11) is 0. The molecule has 1 aliphatic rings. The number of piperidine rings is 1. The molecule has 0 aliphatic carbocycles. The van der Waals surface area contributed by atoms with Crippen molar-refractivity contribution in [2.24, 2.45) is 0 Å². The molecule has 0 N–H and O–H groups in total. The quantitative estimate of drug-likeness (QED) is 0.659. The van der Waals surface area contributed by atoms with E-state index in [1.807, 2.05) is 0 Å². The molecule has 0 bridgehead atoms. The summed E-state index contributed by atoms with van der Waals surface area (Å²) in [4.78, 5) is 31.1. The molecule has 0 unspecified atom stereocenters. The standard InChI is InChI=1S/C22H21F2N5O/c1-15-11-17(23)19(27-13-15)12-22(24)5-9-29(10-6-22)21(30)16-3-2-7-26-20(16)18-4-8-25-14-28-18/h2-4,7-8,11,13-14H,5-6,9-10,12H2,1H3. The zero-order chi connectivity index (χ0) is 21.1. The molecule has 0 spiro atoms. The average Bonchev–Trinajstić information content (AvgIpc) is 2.76. The molecule has 0 atom stereocenters. The monoisotopic (exact) mass is 409 g/mol. The highest BCUT2D eigenvalue weighted by atomic mass is 19.1. The summed E-state index contributed by atoms with van der Waals surface area (Å²) in [6.07, 6.45) is 6.27. The predicted molar refractivity (Wildman–Crippen MR) is 107 cm³/mol. The van der Waals surface area contributed by atoms with E-state index in [0.29, 0.717) is 22.5 Å². The van der Waals surface area contributed by atoms with Gasteiger partial charge in [0.1, 0.15) is 23.5 Å². The van der Waals surface area contributed by atoms with Crippen molar-refractivity contribution in [3.8, 4) is 11.4 Å². The van der Waals surface area contributed by atoms with Gasteiger partial charge in [0.05, 0.1) is 17.0 Å². The first kappa shape index (κ1) is 20.0. The lowest BCUT2D eigenvalue weighted by Crippen LogP contribution is -2.45. The van der Waals surface area contributed by atoms with E-state index < -0.39 is 11.5 Å². The second kappa shape index (κ2) is 8.22. The van der Waals surface area contributed by atoms with Crippen LogP contribution in [-0.2, 0) is 6.42 Å². The number of amides is 1. The number of hydrogen-bond acceptors (Lipinski definition) is 5. The molecule has 0 aromatic carbocycles. The number of alkyl halides is 1. The van der Waals surface area contributed by atoms with Crippen LogP contribution in [0.5, 0.6) is 0 Å². The van der Waals surface area contributed by atoms with Crippen molar-refractivity contribution < 1.29 is 13.6 Å². The molecule has 1 aliphatic heterocycles. The molecule has 4 heterocycles. The Morgan fingerprint density at radius 3 is 2.67 bits per heavy atom. The molecule has 0 saturated carbocycles. The number of pyridine rings is 2. The number of nitrogens with zero attached hydrogens (tertiary/aromatic N) is 5. The van der Waals surface area contributed by atoms with E-state index >= 15 is 4.39 Å². The lowest BCUT2D eigenvalue weighted by molar-refractivity contribution is 0.0430. The Labute approximate surface area is 173 Å². The van der Waals surface area contributed by atoms with Gasteiger partial charge in [-0.05, 0) is 49.6 Å². The van der Waals surface area contributed by atoms with Gasteiger partial charge in [-0.15, -0.1) is 0 Å². The SMILES string of the molecule is Cc1cnc(CC2(F)CCN(C(=O)c3cccnc3-c3ccncn3)CC2)c(F)c1. The van der Waals surface area contributed by atoms with Crippen LogP contribution in [0.3, 0.4) is 0 Å². The maximum absolute atomic E-state index is 15.3. The van der Waals surface area contributed by atoms with Crippen molar-refractivity contribution in [2.75, 3.05) is 13.1 Å². The summed E-state index contributed by atoms with van der Waals surface area (Å²) in [6.45, 7) is 2.21. The topological polar surface area (TPSA) is 71.9 Å². The normalized spacial score (nSPS) is 15.8. The van der Waals surface area contributed by atoms with Gasteiger partial charge in [-0.3, -0.25) is 14.8 Å². The molecule has 1 saturated heterocycles. The van der Waals surface area contributed by atoms with Crippen LogP contribution in [0.25, 0.3) is 11.4 Å². The summed E-state index contributed by atoms with van der Waals surface area (Å²) in [5.41, 5.74) is 0.653. The highest BCUT2D eigenvalue weighted by Gasteiger charge is 2.37. The van der Waals surface area contributed by atoms with Gasteiger partial charge in [-0.25, -0.2) is 18.7 Å². The largest absolute Gasteiger partial charge is 0.338 e. The molecule has 8 heteroatoms. The minimum atomic E-state index is -1.59. The third-order valence-corrected chi connectivity index (χ3v) is 5.35. The zero-order valence-corrected chi connectivity index (χ0v) is 16.6. The van der Waals surface area contributed by atoms with Crippen LogP contribution in [0.2, 0.25) is 0 Å². The smallest absolute Gasteiger partial charge is 0.256 e. The maximum Gasteiger partial charge on any atom is 0.256 e. The third kappa shape index (κ3) is 4.17. The molecule has 30 heavy (non-hydrogen) atoms. The summed E-state index contributed by atoms with van der Waals surface area (Å²) in [5.74, 6) is -0.714. The van der Waals surface area contributed by atoms with Crippen LogP contribution in [0, 0.1) is 12.7 Å². The predicted octanol–water partition coefficient (Wildman–Crippen LogP) is 3.57. The Morgan fingerprint density at radius 2 is 1.97 bits per heavy atom. The average molecular weight is 409 g/mol. The van der Waals surface area contributed by atoms with Gasteiger partial charge in [0.2, 0.25) is 0 Å². The molecule has 3 aromatic rings. The first-order valence-electron chi connectivity index (χ1n) is 9.76. The van der Waals surface area contributed by atoms with Crippen molar-refractivity contribution in [2.45, 2.75) is 31.9 Å². The van der Waals surface area contributed by atoms with Gasteiger partial charge in [0.25, 0.3) is 5.91 Å². The van der Waals surface area contributed by atoms with Gasteiger partial charge in [-0.1, -0.05) is 0 Å². The molecule has 0 radical (unpaired) electrons. The van der Waals surface area contributed by atoms with Crippen LogP contribution < -0.4 is 0 Å². The Hall–Kier alpha value is -3.29. The van der Waals surface area contributed by atoms with Crippen molar-refractivity contribution in [1.82, 2.24) is 24.8 Å². The van der Waals surface area contributed by atoms with E-state index in [9.17, 15) is 9.18 Å². The van der Waals surface area contributed by atoms with Gasteiger partial charge in [0.15, 0.2) is 0 Å². The minimum Gasteiger partial charge on any atom is -0.338 e. The fourth-order valence-corrected chi connectivity index (χ4v) is 3.66. The summed E-state index contributed by atoms with van der Waals surface area (Å²) >= 11 is 0. The van der Waals surface area contributed by atoms with E-state index in [2.05, 4.69) is 19.9 Å². The molecule has 3 aromatic heterocycles. The van der Waals surface area contributed by atoms with Crippen LogP contribution in [0.15, 0.2) is 49.2 Å². The maximum atomic E-state index is 15.3. The van der Waals surface area contributed by atoms with Crippen LogP contribution in [0.1, 0.15) is 34.5 Å².